The summed E-state index contributed by atoms with van der Waals surface area (Å²) >= 11 is 0. The molecule has 21 heavy (non-hydrogen) atoms. The molecule has 110 valence electrons. The molecule has 2 heterocycles. The Kier molecular flexibility index (Phi) is 3.27. The van der Waals surface area contributed by atoms with E-state index in [4.69, 9.17) is 0 Å². The molecular formula is C16H18FN3O. The van der Waals surface area contributed by atoms with E-state index in [1.165, 1.54) is 12.1 Å². The molecule has 0 spiro atoms. The molecule has 0 radical (unpaired) electrons. The second-order valence-corrected chi connectivity index (χ2v) is 5.56. The number of carbonyl (C=O) groups excluding carboxylic acids is 1. The van der Waals surface area contributed by atoms with Crippen molar-refractivity contribution in [3.8, 4) is 0 Å². The minimum atomic E-state index is -0.258. The van der Waals surface area contributed by atoms with Crippen molar-refractivity contribution in [3.05, 3.63) is 52.9 Å². The second-order valence-electron chi connectivity index (χ2n) is 5.56. The highest BCUT2D eigenvalue weighted by Crippen LogP contribution is 2.31. The zero-order chi connectivity index (χ0) is 15.1. The molecule has 3 rings (SSSR count). The van der Waals surface area contributed by atoms with Gasteiger partial charge in [0.1, 0.15) is 11.5 Å². The van der Waals surface area contributed by atoms with Crippen molar-refractivity contribution in [1.29, 1.82) is 0 Å². The molecule has 1 unspecified atom stereocenters. The number of imidazole rings is 1. The smallest absolute Gasteiger partial charge is 0.272 e. The van der Waals surface area contributed by atoms with Gasteiger partial charge in [0, 0.05) is 13.6 Å². The Morgan fingerprint density at radius 2 is 2.19 bits per heavy atom. The summed E-state index contributed by atoms with van der Waals surface area (Å²) in [5.74, 6) is -0.304. The number of nitrogens with zero attached hydrogens (tertiary/aromatic N) is 3. The molecule has 1 amide bonds. The highest BCUT2D eigenvalue weighted by atomic mass is 19.1. The molecule has 0 saturated heterocycles. The number of carbonyl (C=O) groups is 1. The van der Waals surface area contributed by atoms with E-state index >= 15 is 0 Å². The predicted octanol–water partition coefficient (Wildman–Crippen LogP) is 2.63. The molecule has 1 aromatic carbocycles. The van der Waals surface area contributed by atoms with Crippen molar-refractivity contribution in [2.75, 3.05) is 6.54 Å². The summed E-state index contributed by atoms with van der Waals surface area (Å²) in [7, 11) is 1.81. The first-order valence-corrected chi connectivity index (χ1v) is 7.06. The van der Waals surface area contributed by atoms with Crippen LogP contribution in [0.3, 0.4) is 0 Å². The van der Waals surface area contributed by atoms with E-state index in [-0.39, 0.29) is 17.8 Å². The third-order valence-corrected chi connectivity index (χ3v) is 4.23. The molecule has 4 nitrogen and oxygen atoms in total. The first-order valence-electron chi connectivity index (χ1n) is 7.06. The summed E-state index contributed by atoms with van der Waals surface area (Å²) < 4.78 is 15.2. The van der Waals surface area contributed by atoms with Crippen molar-refractivity contribution in [2.24, 2.45) is 7.05 Å². The minimum absolute atomic E-state index is 0.0464. The fraction of sp³-hybridized carbons (Fsp3) is 0.375. The number of halogens is 1. The van der Waals surface area contributed by atoms with Gasteiger partial charge in [-0.15, -0.1) is 0 Å². The maximum Gasteiger partial charge on any atom is 0.272 e. The average molecular weight is 287 g/mol. The highest BCUT2D eigenvalue weighted by Gasteiger charge is 2.30. The highest BCUT2D eigenvalue weighted by molar-refractivity contribution is 5.94. The molecular weight excluding hydrogens is 269 g/mol. The van der Waals surface area contributed by atoms with Gasteiger partial charge in [0.15, 0.2) is 0 Å². The molecule has 2 aromatic rings. The zero-order valence-corrected chi connectivity index (χ0v) is 12.4. The van der Waals surface area contributed by atoms with Crippen LogP contribution in [0.1, 0.15) is 40.3 Å². The van der Waals surface area contributed by atoms with E-state index in [2.05, 4.69) is 4.98 Å². The Morgan fingerprint density at radius 1 is 1.43 bits per heavy atom. The van der Waals surface area contributed by atoms with E-state index in [0.29, 0.717) is 12.2 Å². The minimum Gasteiger partial charge on any atom is -0.330 e. The van der Waals surface area contributed by atoms with Crippen LogP contribution >= 0.6 is 0 Å². The van der Waals surface area contributed by atoms with Gasteiger partial charge in [0.25, 0.3) is 5.91 Å². The van der Waals surface area contributed by atoms with Crippen LogP contribution in [0, 0.1) is 12.7 Å². The fourth-order valence-electron chi connectivity index (χ4n) is 3.05. The van der Waals surface area contributed by atoms with Crippen LogP contribution in [-0.2, 0) is 13.5 Å². The first-order chi connectivity index (χ1) is 9.99. The van der Waals surface area contributed by atoms with Crippen molar-refractivity contribution >= 4 is 5.91 Å². The molecule has 0 aliphatic carbocycles. The number of hydrogen-bond acceptors (Lipinski definition) is 2. The summed E-state index contributed by atoms with van der Waals surface area (Å²) in [6.07, 6.45) is 2.40. The van der Waals surface area contributed by atoms with Gasteiger partial charge in [-0.2, -0.15) is 0 Å². The average Bonchev–Trinajstić information content (AvgIpc) is 2.78. The number of aromatic nitrogens is 2. The lowest BCUT2D eigenvalue weighted by atomic mass is 9.93. The number of rotatable bonds is 1. The topological polar surface area (TPSA) is 38.1 Å². The number of hydrogen-bond donors (Lipinski definition) is 0. The van der Waals surface area contributed by atoms with Crippen molar-refractivity contribution in [2.45, 2.75) is 26.3 Å². The summed E-state index contributed by atoms with van der Waals surface area (Å²) in [6.45, 7) is 4.42. The van der Waals surface area contributed by atoms with Gasteiger partial charge in [-0.25, -0.2) is 9.37 Å². The lowest BCUT2D eigenvalue weighted by Crippen LogP contribution is -2.40. The van der Waals surface area contributed by atoms with Crippen LogP contribution < -0.4 is 0 Å². The van der Waals surface area contributed by atoms with E-state index in [1.54, 1.807) is 15.8 Å². The van der Waals surface area contributed by atoms with Crippen LogP contribution in [0.2, 0.25) is 0 Å². The third kappa shape index (κ3) is 2.22. The van der Waals surface area contributed by atoms with Crippen molar-refractivity contribution in [1.82, 2.24) is 14.5 Å². The van der Waals surface area contributed by atoms with Gasteiger partial charge in [0.2, 0.25) is 0 Å². The first kappa shape index (κ1) is 13.8. The normalized spacial score (nSPS) is 17.7. The van der Waals surface area contributed by atoms with Gasteiger partial charge in [-0.05, 0) is 43.5 Å². The maximum absolute atomic E-state index is 13.5. The summed E-state index contributed by atoms with van der Waals surface area (Å²) in [5.41, 5.74) is 3.34. The zero-order valence-electron chi connectivity index (χ0n) is 12.4. The number of benzene rings is 1. The lowest BCUT2D eigenvalue weighted by molar-refractivity contribution is 0.0666. The SMILES string of the molecule is Cc1ncn(C)c1C(=O)N1CCc2ccc(F)cc2C1C. The van der Waals surface area contributed by atoms with Gasteiger partial charge in [-0.3, -0.25) is 4.79 Å². The third-order valence-electron chi connectivity index (χ3n) is 4.23. The van der Waals surface area contributed by atoms with Crippen LogP contribution in [0.25, 0.3) is 0 Å². The number of fused-ring (bicyclic) bond motifs is 1. The molecule has 0 N–H and O–H groups in total. The van der Waals surface area contributed by atoms with Crippen molar-refractivity contribution < 1.29 is 9.18 Å². The second kappa shape index (κ2) is 4.98. The lowest BCUT2D eigenvalue weighted by Gasteiger charge is -2.35. The Bertz CT molecular complexity index is 688. The fourth-order valence-corrected chi connectivity index (χ4v) is 3.05. The van der Waals surface area contributed by atoms with E-state index < -0.39 is 0 Å². The van der Waals surface area contributed by atoms with E-state index in [0.717, 1.165) is 23.2 Å². The van der Waals surface area contributed by atoms with Crippen LogP contribution in [0.5, 0.6) is 0 Å². The van der Waals surface area contributed by atoms with E-state index in [9.17, 15) is 9.18 Å². The van der Waals surface area contributed by atoms with Crippen LogP contribution in [0.15, 0.2) is 24.5 Å². The largest absolute Gasteiger partial charge is 0.330 e. The summed E-state index contributed by atoms with van der Waals surface area (Å²) in [6, 6.07) is 4.70. The quantitative estimate of drug-likeness (QED) is 0.808. The monoisotopic (exact) mass is 287 g/mol. The number of amides is 1. The Labute approximate surface area is 123 Å². The van der Waals surface area contributed by atoms with Crippen molar-refractivity contribution in [3.63, 3.8) is 0 Å². The van der Waals surface area contributed by atoms with E-state index in [1.807, 2.05) is 27.0 Å². The molecule has 1 aliphatic heterocycles. The molecule has 1 aromatic heterocycles. The van der Waals surface area contributed by atoms with Crippen LogP contribution in [0.4, 0.5) is 4.39 Å². The van der Waals surface area contributed by atoms with Gasteiger partial charge in [0.05, 0.1) is 18.1 Å². The predicted molar refractivity (Wildman–Crippen MR) is 77.5 cm³/mol. The number of aryl methyl sites for hydroxylation is 2. The van der Waals surface area contributed by atoms with Crippen LogP contribution in [-0.4, -0.2) is 26.9 Å². The Balaban J connectivity index is 1.96. The molecule has 0 saturated carbocycles. The Morgan fingerprint density at radius 3 is 2.86 bits per heavy atom. The van der Waals surface area contributed by atoms with Gasteiger partial charge in [-0.1, -0.05) is 6.07 Å². The molecule has 1 atom stereocenters. The maximum atomic E-state index is 13.5. The summed E-state index contributed by atoms with van der Waals surface area (Å²) in [5, 5.41) is 0. The molecule has 0 fully saturated rings. The van der Waals surface area contributed by atoms with Gasteiger partial charge >= 0.3 is 0 Å². The molecule has 1 aliphatic rings. The molecule has 5 heteroatoms. The van der Waals surface area contributed by atoms with Gasteiger partial charge < -0.3 is 9.47 Å². The standard InChI is InChI=1S/C16H18FN3O/c1-10-15(19(3)9-18-10)16(21)20-7-6-12-4-5-13(17)8-14(12)11(20)2/h4-5,8-9,11H,6-7H2,1-3H3. The summed E-state index contributed by atoms with van der Waals surface area (Å²) in [4.78, 5) is 18.7. The molecule has 0 bridgehead atoms. The Hall–Kier alpha value is -2.17.